The van der Waals surface area contributed by atoms with Crippen molar-refractivity contribution in [3.63, 3.8) is 0 Å². The van der Waals surface area contributed by atoms with E-state index >= 15 is 0 Å². The van der Waals surface area contributed by atoms with Gasteiger partial charge in [-0.2, -0.15) is 0 Å². The van der Waals surface area contributed by atoms with Crippen LogP contribution in [0.4, 0.5) is 0 Å². The Morgan fingerprint density at radius 1 is 1.56 bits per heavy atom. The molecule has 0 aliphatic rings. The number of hydrogen-bond donors (Lipinski definition) is 2. The van der Waals surface area contributed by atoms with Crippen LogP contribution in [0.3, 0.4) is 0 Å². The standard InChI is InChI=1S/C11H14ClN3S/c1-7(10-3-4-11(12)16-10)13-5-9-6-14-8(2)15-9/h3-4,6-7,13H,5H2,1-2H3,(H,14,15). The van der Waals surface area contributed by atoms with E-state index in [0.29, 0.717) is 6.04 Å². The number of thiophene rings is 1. The third-order valence-electron chi connectivity index (χ3n) is 2.37. The first-order valence-electron chi connectivity index (χ1n) is 5.14. The van der Waals surface area contributed by atoms with E-state index in [9.17, 15) is 0 Å². The molecule has 2 rings (SSSR count). The van der Waals surface area contributed by atoms with Gasteiger partial charge in [-0.05, 0) is 26.0 Å². The first-order chi connectivity index (χ1) is 7.65. The molecule has 0 aliphatic heterocycles. The second-order valence-electron chi connectivity index (χ2n) is 3.74. The Morgan fingerprint density at radius 2 is 2.38 bits per heavy atom. The number of nitrogens with zero attached hydrogens (tertiary/aromatic N) is 1. The summed E-state index contributed by atoms with van der Waals surface area (Å²) in [5, 5.41) is 3.42. The van der Waals surface area contributed by atoms with Gasteiger partial charge < -0.3 is 10.3 Å². The lowest BCUT2D eigenvalue weighted by Gasteiger charge is -2.10. The Labute approximate surface area is 104 Å². The smallest absolute Gasteiger partial charge is 0.103 e. The molecule has 2 aromatic heterocycles. The van der Waals surface area contributed by atoms with E-state index in [1.807, 2.05) is 19.2 Å². The minimum absolute atomic E-state index is 0.307. The van der Waals surface area contributed by atoms with Crippen LogP contribution < -0.4 is 5.32 Å². The van der Waals surface area contributed by atoms with Crippen LogP contribution in [0, 0.1) is 6.92 Å². The van der Waals surface area contributed by atoms with Crippen LogP contribution in [0.5, 0.6) is 0 Å². The van der Waals surface area contributed by atoms with Crippen molar-refractivity contribution >= 4 is 22.9 Å². The molecule has 5 heteroatoms. The van der Waals surface area contributed by atoms with E-state index in [0.717, 1.165) is 22.4 Å². The van der Waals surface area contributed by atoms with Crippen molar-refractivity contribution in [2.45, 2.75) is 26.4 Å². The van der Waals surface area contributed by atoms with Crippen molar-refractivity contribution in [2.75, 3.05) is 0 Å². The van der Waals surface area contributed by atoms with Crippen molar-refractivity contribution < 1.29 is 0 Å². The molecule has 1 unspecified atom stereocenters. The molecule has 0 aliphatic carbocycles. The molecule has 0 spiro atoms. The van der Waals surface area contributed by atoms with Gasteiger partial charge in [0.25, 0.3) is 0 Å². The number of H-pyrrole nitrogens is 1. The molecule has 3 nitrogen and oxygen atoms in total. The summed E-state index contributed by atoms with van der Waals surface area (Å²) in [5.74, 6) is 0.948. The molecule has 0 saturated carbocycles. The number of hydrogen-bond acceptors (Lipinski definition) is 3. The largest absolute Gasteiger partial charge is 0.345 e. The number of imidazole rings is 1. The number of nitrogens with one attached hydrogen (secondary N) is 2. The minimum Gasteiger partial charge on any atom is -0.345 e. The maximum absolute atomic E-state index is 5.90. The number of aromatic amines is 1. The molecule has 0 radical (unpaired) electrons. The van der Waals surface area contributed by atoms with Gasteiger partial charge in [-0.15, -0.1) is 11.3 Å². The molecule has 0 amide bonds. The van der Waals surface area contributed by atoms with Crippen LogP contribution in [0.1, 0.15) is 29.4 Å². The van der Waals surface area contributed by atoms with Gasteiger partial charge in [0.15, 0.2) is 0 Å². The zero-order valence-corrected chi connectivity index (χ0v) is 10.8. The van der Waals surface area contributed by atoms with Crippen molar-refractivity contribution in [1.29, 1.82) is 0 Å². The molecule has 2 aromatic rings. The second-order valence-corrected chi connectivity index (χ2v) is 5.48. The van der Waals surface area contributed by atoms with E-state index in [4.69, 9.17) is 11.6 Å². The summed E-state index contributed by atoms with van der Waals surface area (Å²) in [6.45, 7) is 4.87. The third-order valence-corrected chi connectivity index (χ3v) is 3.79. The van der Waals surface area contributed by atoms with Crippen molar-refractivity contribution in [3.8, 4) is 0 Å². The molecule has 2 heterocycles. The fourth-order valence-corrected chi connectivity index (χ4v) is 2.57. The highest BCUT2D eigenvalue weighted by atomic mass is 35.5. The van der Waals surface area contributed by atoms with Gasteiger partial charge in [-0.1, -0.05) is 11.6 Å². The van der Waals surface area contributed by atoms with Crippen LogP contribution in [0.15, 0.2) is 18.3 Å². The monoisotopic (exact) mass is 255 g/mol. The van der Waals surface area contributed by atoms with Gasteiger partial charge in [-0.25, -0.2) is 4.98 Å². The van der Waals surface area contributed by atoms with E-state index in [1.165, 1.54) is 4.88 Å². The number of aromatic nitrogens is 2. The average Bonchev–Trinajstić information content (AvgIpc) is 2.84. The second kappa shape index (κ2) is 4.99. The van der Waals surface area contributed by atoms with Gasteiger partial charge in [0.1, 0.15) is 5.82 Å². The predicted octanol–water partition coefficient (Wildman–Crippen LogP) is 3.28. The first kappa shape index (κ1) is 11.6. The Hall–Kier alpha value is -0.840. The van der Waals surface area contributed by atoms with Gasteiger partial charge >= 0.3 is 0 Å². The summed E-state index contributed by atoms with van der Waals surface area (Å²) >= 11 is 7.51. The Balaban J connectivity index is 1.91. The van der Waals surface area contributed by atoms with E-state index < -0.39 is 0 Å². The number of aryl methyl sites for hydroxylation is 1. The van der Waals surface area contributed by atoms with Gasteiger partial charge in [-0.3, -0.25) is 0 Å². The highest BCUT2D eigenvalue weighted by Gasteiger charge is 2.07. The molecule has 0 saturated heterocycles. The van der Waals surface area contributed by atoms with Crippen LogP contribution in [0.2, 0.25) is 4.34 Å². The maximum Gasteiger partial charge on any atom is 0.103 e. The zero-order chi connectivity index (χ0) is 11.5. The van der Waals surface area contributed by atoms with E-state index in [2.05, 4.69) is 28.3 Å². The summed E-state index contributed by atoms with van der Waals surface area (Å²) in [6, 6.07) is 4.30. The topological polar surface area (TPSA) is 40.7 Å². The molecular formula is C11H14ClN3S. The van der Waals surface area contributed by atoms with Crippen molar-refractivity contribution in [1.82, 2.24) is 15.3 Å². The highest BCUT2D eigenvalue weighted by molar-refractivity contribution is 7.16. The lowest BCUT2D eigenvalue weighted by molar-refractivity contribution is 0.576. The van der Waals surface area contributed by atoms with E-state index in [-0.39, 0.29) is 0 Å². The third kappa shape index (κ3) is 2.84. The van der Waals surface area contributed by atoms with Crippen LogP contribution in [0.25, 0.3) is 0 Å². The normalized spacial score (nSPS) is 12.9. The quantitative estimate of drug-likeness (QED) is 0.880. The first-order valence-corrected chi connectivity index (χ1v) is 6.33. The van der Waals surface area contributed by atoms with E-state index in [1.54, 1.807) is 11.3 Å². The summed E-state index contributed by atoms with van der Waals surface area (Å²) < 4.78 is 0.834. The predicted molar refractivity (Wildman–Crippen MR) is 67.9 cm³/mol. The summed E-state index contributed by atoms with van der Waals surface area (Å²) in [5.41, 5.74) is 1.10. The summed E-state index contributed by atoms with van der Waals surface area (Å²) in [7, 11) is 0. The maximum atomic E-state index is 5.90. The lowest BCUT2D eigenvalue weighted by Crippen LogP contribution is -2.17. The molecule has 1 atom stereocenters. The Kier molecular flexibility index (Phi) is 3.63. The van der Waals surface area contributed by atoms with Crippen LogP contribution >= 0.6 is 22.9 Å². The Bertz CT molecular complexity index is 463. The Morgan fingerprint density at radius 3 is 2.94 bits per heavy atom. The van der Waals surface area contributed by atoms with Gasteiger partial charge in [0.2, 0.25) is 0 Å². The number of rotatable bonds is 4. The molecule has 0 aromatic carbocycles. The minimum atomic E-state index is 0.307. The van der Waals surface area contributed by atoms with Crippen LogP contribution in [-0.2, 0) is 6.54 Å². The zero-order valence-electron chi connectivity index (χ0n) is 9.25. The van der Waals surface area contributed by atoms with Crippen molar-refractivity contribution in [2.24, 2.45) is 0 Å². The molecule has 16 heavy (non-hydrogen) atoms. The SMILES string of the molecule is Cc1ncc(CNC(C)c2ccc(Cl)s2)[nH]1. The molecule has 0 bridgehead atoms. The molecule has 2 N–H and O–H groups in total. The fourth-order valence-electron chi connectivity index (χ4n) is 1.49. The summed E-state index contributed by atoms with van der Waals surface area (Å²) in [6.07, 6.45) is 1.86. The van der Waals surface area contributed by atoms with Crippen LogP contribution in [-0.4, -0.2) is 9.97 Å². The molecule has 0 fully saturated rings. The number of halogens is 1. The molecular weight excluding hydrogens is 242 g/mol. The van der Waals surface area contributed by atoms with Gasteiger partial charge in [0.05, 0.1) is 4.34 Å². The van der Waals surface area contributed by atoms with Gasteiger partial charge in [0, 0.05) is 29.4 Å². The van der Waals surface area contributed by atoms with Crippen molar-refractivity contribution in [3.05, 3.63) is 39.1 Å². The summed E-state index contributed by atoms with van der Waals surface area (Å²) in [4.78, 5) is 8.60. The average molecular weight is 256 g/mol. The lowest BCUT2D eigenvalue weighted by atomic mass is 10.2. The molecule has 86 valence electrons. The fraction of sp³-hybridized carbons (Fsp3) is 0.364. The highest BCUT2D eigenvalue weighted by Crippen LogP contribution is 2.26.